The molecule has 1 fully saturated rings. The molecule has 3 nitrogen and oxygen atoms in total. The molecule has 1 atom stereocenters. The Labute approximate surface area is 111 Å². The highest BCUT2D eigenvalue weighted by atomic mass is 15.1. The van der Waals surface area contributed by atoms with Crippen molar-refractivity contribution in [2.24, 2.45) is 0 Å². The molecule has 1 aliphatic rings. The van der Waals surface area contributed by atoms with Crippen molar-refractivity contribution in [3.63, 3.8) is 0 Å². The summed E-state index contributed by atoms with van der Waals surface area (Å²) in [7, 11) is 4.24. The fraction of sp³-hybridized carbons (Fsp3) is 0.600. The van der Waals surface area contributed by atoms with E-state index in [9.17, 15) is 0 Å². The molecular formula is C15H25N3. The molecule has 0 spiro atoms. The van der Waals surface area contributed by atoms with E-state index in [1.807, 2.05) is 0 Å². The predicted molar refractivity (Wildman–Crippen MR) is 76.6 cm³/mol. The van der Waals surface area contributed by atoms with Gasteiger partial charge in [0.05, 0.1) is 0 Å². The van der Waals surface area contributed by atoms with Crippen LogP contribution in [0.5, 0.6) is 0 Å². The highest BCUT2D eigenvalue weighted by Gasteiger charge is 2.12. The second-order valence-corrected chi connectivity index (χ2v) is 5.43. The highest BCUT2D eigenvalue weighted by Crippen LogP contribution is 2.11. The standard InChI is InChI=1S/C15H25N3/c1-18(2)12-14-7-4-3-6-13(14)10-17-15-8-5-9-16-11-15/h3-4,6-7,15-17H,5,8-12H2,1-2H3. The number of rotatable bonds is 5. The van der Waals surface area contributed by atoms with E-state index in [1.165, 1.54) is 30.5 Å². The van der Waals surface area contributed by atoms with Gasteiger partial charge in [-0.05, 0) is 44.6 Å². The maximum atomic E-state index is 3.67. The summed E-state index contributed by atoms with van der Waals surface area (Å²) >= 11 is 0. The van der Waals surface area contributed by atoms with Crippen LogP contribution < -0.4 is 10.6 Å². The molecule has 0 saturated carbocycles. The monoisotopic (exact) mass is 247 g/mol. The number of hydrogen-bond donors (Lipinski definition) is 2. The van der Waals surface area contributed by atoms with Crippen LogP contribution in [0.3, 0.4) is 0 Å². The lowest BCUT2D eigenvalue weighted by molar-refractivity contribution is 0.382. The van der Waals surface area contributed by atoms with E-state index in [1.54, 1.807) is 0 Å². The summed E-state index contributed by atoms with van der Waals surface area (Å²) in [5.41, 5.74) is 2.86. The van der Waals surface area contributed by atoms with Gasteiger partial charge in [-0.2, -0.15) is 0 Å². The van der Waals surface area contributed by atoms with Crippen molar-refractivity contribution in [1.29, 1.82) is 0 Å². The molecular weight excluding hydrogens is 222 g/mol. The third-order valence-electron chi connectivity index (χ3n) is 3.48. The number of nitrogens with zero attached hydrogens (tertiary/aromatic N) is 1. The van der Waals surface area contributed by atoms with E-state index >= 15 is 0 Å². The topological polar surface area (TPSA) is 27.3 Å². The van der Waals surface area contributed by atoms with E-state index in [4.69, 9.17) is 0 Å². The highest BCUT2D eigenvalue weighted by molar-refractivity contribution is 5.27. The first-order chi connectivity index (χ1) is 8.75. The van der Waals surface area contributed by atoms with Crippen LogP contribution in [0.1, 0.15) is 24.0 Å². The molecule has 2 N–H and O–H groups in total. The molecule has 0 aliphatic carbocycles. The molecule has 100 valence electrons. The number of nitrogens with one attached hydrogen (secondary N) is 2. The quantitative estimate of drug-likeness (QED) is 0.827. The summed E-state index contributed by atoms with van der Waals surface area (Å²) in [6, 6.07) is 9.36. The minimum absolute atomic E-state index is 0.631. The third kappa shape index (κ3) is 4.09. The smallest absolute Gasteiger partial charge is 0.0230 e. The summed E-state index contributed by atoms with van der Waals surface area (Å²) in [5, 5.41) is 7.12. The molecule has 1 aliphatic heterocycles. The Morgan fingerprint density at radius 3 is 2.72 bits per heavy atom. The summed E-state index contributed by atoms with van der Waals surface area (Å²) < 4.78 is 0. The van der Waals surface area contributed by atoms with Crippen molar-refractivity contribution in [3.05, 3.63) is 35.4 Å². The largest absolute Gasteiger partial charge is 0.315 e. The van der Waals surface area contributed by atoms with Crippen molar-refractivity contribution in [1.82, 2.24) is 15.5 Å². The molecule has 0 bridgehead atoms. The van der Waals surface area contributed by atoms with Crippen LogP contribution in [0.15, 0.2) is 24.3 Å². The fourth-order valence-corrected chi connectivity index (χ4v) is 2.51. The summed E-state index contributed by atoms with van der Waals surface area (Å²) in [6.07, 6.45) is 2.58. The molecule has 1 unspecified atom stereocenters. The maximum absolute atomic E-state index is 3.67. The van der Waals surface area contributed by atoms with Crippen LogP contribution in [0.25, 0.3) is 0 Å². The van der Waals surface area contributed by atoms with Crippen LogP contribution in [0, 0.1) is 0 Å². The normalized spacial score (nSPS) is 20.3. The third-order valence-corrected chi connectivity index (χ3v) is 3.48. The number of benzene rings is 1. The lowest BCUT2D eigenvalue weighted by Gasteiger charge is -2.24. The SMILES string of the molecule is CN(C)Cc1ccccc1CNC1CCCNC1. The second kappa shape index (κ2) is 6.88. The fourth-order valence-electron chi connectivity index (χ4n) is 2.51. The Morgan fingerprint density at radius 1 is 1.28 bits per heavy atom. The van der Waals surface area contributed by atoms with Crippen molar-refractivity contribution < 1.29 is 0 Å². The molecule has 2 rings (SSSR count). The van der Waals surface area contributed by atoms with Gasteiger partial charge in [0.25, 0.3) is 0 Å². The average molecular weight is 247 g/mol. The lowest BCUT2D eigenvalue weighted by atomic mass is 10.0. The van der Waals surface area contributed by atoms with Crippen LogP contribution in [-0.2, 0) is 13.1 Å². The zero-order chi connectivity index (χ0) is 12.8. The predicted octanol–water partition coefficient (Wildman–Crippen LogP) is 1.59. The first-order valence-electron chi connectivity index (χ1n) is 6.91. The van der Waals surface area contributed by atoms with Crippen molar-refractivity contribution >= 4 is 0 Å². The Balaban J connectivity index is 1.91. The van der Waals surface area contributed by atoms with Gasteiger partial charge in [0, 0.05) is 25.7 Å². The number of piperidine rings is 1. The molecule has 1 aromatic carbocycles. The molecule has 0 aromatic heterocycles. The van der Waals surface area contributed by atoms with Crippen LogP contribution in [0.4, 0.5) is 0 Å². The molecule has 18 heavy (non-hydrogen) atoms. The van der Waals surface area contributed by atoms with Crippen molar-refractivity contribution in [2.45, 2.75) is 32.0 Å². The summed E-state index contributed by atoms with van der Waals surface area (Å²) in [5.74, 6) is 0. The minimum atomic E-state index is 0.631. The van der Waals surface area contributed by atoms with Gasteiger partial charge in [-0.3, -0.25) is 0 Å². The molecule has 0 radical (unpaired) electrons. The van der Waals surface area contributed by atoms with E-state index in [0.717, 1.165) is 19.6 Å². The van der Waals surface area contributed by atoms with Crippen molar-refractivity contribution in [3.8, 4) is 0 Å². The molecule has 1 aromatic rings. The Kier molecular flexibility index (Phi) is 5.17. The van der Waals surface area contributed by atoms with E-state index in [0.29, 0.717) is 6.04 Å². The van der Waals surface area contributed by atoms with Gasteiger partial charge >= 0.3 is 0 Å². The minimum Gasteiger partial charge on any atom is -0.315 e. The Morgan fingerprint density at radius 2 is 2.06 bits per heavy atom. The maximum Gasteiger partial charge on any atom is 0.0230 e. The molecule has 1 heterocycles. The van der Waals surface area contributed by atoms with Gasteiger partial charge in [-0.25, -0.2) is 0 Å². The van der Waals surface area contributed by atoms with E-state index in [-0.39, 0.29) is 0 Å². The first-order valence-corrected chi connectivity index (χ1v) is 6.91. The van der Waals surface area contributed by atoms with Gasteiger partial charge in [-0.15, -0.1) is 0 Å². The Bertz CT molecular complexity index is 357. The van der Waals surface area contributed by atoms with E-state index < -0.39 is 0 Å². The van der Waals surface area contributed by atoms with Gasteiger partial charge in [0.2, 0.25) is 0 Å². The molecule has 1 saturated heterocycles. The van der Waals surface area contributed by atoms with Crippen LogP contribution in [0.2, 0.25) is 0 Å². The second-order valence-electron chi connectivity index (χ2n) is 5.43. The van der Waals surface area contributed by atoms with Gasteiger partial charge < -0.3 is 15.5 Å². The zero-order valence-corrected chi connectivity index (χ0v) is 11.6. The number of hydrogen-bond acceptors (Lipinski definition) is 3. The van der Waals surface area contributed by atoms with Gasteiger partial charge in [0.1, 0.15) is 0 Å². The zero-order valence-electron chi connectivity index (χ0n) is 11.6. The first kappa shape index (κ1) is 13.5. The van der Waals surface area contributed by atoms with Crippen LogP contribution >= 0.6 is 0 Å². The summed E-state index contributed by atoms with van der Waals surface area (Å²) in [6.45, 7) is 4.28. The lowest BCUT2D eigenvalue weighted by Crippen LogP contribution is -2.42. The van der Waals surface area contributed by atoms with Gasteiger partial charge in [-0.1, -0.05) is 24.3 Å². The summed E-state index contributed by atoms with van der Waals surface area (Å²) in [4.78, 5) is 2.22. The van der Waals surface area contributed by atoms with Crippen LogP contribution in [-0.4, -0.2) is 38.1 Å². The van der Waals surface area contributed by atoms with Crippen molar-refractivity contribution in [2.75, 3.05) is 27.2 Å². The average Bonchev–Trinajstić information content (AvgIpc) is 2.38. The van der Waals surface area contributed by atoms with E-state index in [2.05, 4.69) is 53.9 Å². The molecule has 3 heteroatoms. The molecule has 0 amide bonds. The Hall–Kier alpha value is -0.900. The van der Waals surface area contributed by atoms with Gasteiger partial charge in [0.15, 0.2) is 0 Å².